The predicted octanol–water partition coefficient (Wildman–Crippen LogP) is 4.05. The van der Waals surface area contributed by atoms with E-state index in [1.807, 2.05) is 37.3 Å². The normalized spacial score (nSPS) is 12.3. The molecule has 5 nitrogen and oxygen atoms in total. The fourth-order valence-corrected chi connectivity index (χ4v) is 3.69. The molecule has 0 saturated heterocycles. The van der Waals surface area contributed by atoms with Gasteiger partial charge in [0.1, 0.15) is 11.3 Å². The van der Waals surface area contributed by atoms with Gasteiger partial charge in [-0.1, -0.05) is 30.3 Å². The summed E-state index contributed by atoms with van der Waals surface area (Å²) in [4.78, 5) is 25.2. The number of rotatable bonds is 6. The van der Waals surface area contributed by atoms with Crippen LogP contribution in [0.2, 0.25) is 0 Å². The summed E-state index contributed by atoms with van der Waals surface area (Å²) in [6.45, 7) is 2.28. The monoisotopic (exact) mass is 391 g/mol. The van der Waals surface area contributed by atoms with Gasteiger partial charge >= 0.3 is 0 Å². The third-order valence-corrected chi connectivity index (χ3v) is 5.16. The van der Waals surface area contributed by atoms with Crippen molar-refractivity contribution in [1.29, 1.82) is 0 Å². The lowest BCUT2D eigenvalue weighted by Crippen LogP contribution is -2.27. The molecule has 0 aliphatic heterocycles. The zero-order valence-corrected chi connectivity index (χ0v) is 16.1. The highest BCUT2D eigenvalue weighted by atomic mass is 19.1. The van der Waals surface area contributed by atoms with Gasteiger partial charge in [-0.05, 0) is 49.2 Å². The van der Waals surface area contributed by atoms with Crippen molar-refractivity contribution in [3.8, 4) is 0 Å². The van der Waals surface area contributed by atoms with Crippen LogP contribution in [0.1, 0.15) is 31.4 Å². The van der Waals surface area contributed by atoms with Crippen molar-refractivity contribution in [2.45, 2.75) is 32.4 Å². The molecule has 0 radical (unpaired) electrons. The second-order valence-corrected chi connectivity index (χ2v) is 7.16. The SMILES string of the molecule is C[C@@H](NC(=O)CCCn1c(=O)c2cccn2c2ccc(F)cc21)c1ccccc1. The predicted molar refractivity (Wildman–Crippen MR) is 111 cm³/mol. The van der Waals surface area contributed by atoms with Gasteiger partial charge in [-0.15, -0.1) is 0 Å². The van der Waals surface area contributed by atoms with E-state index < -0.39 is 5.82 Å². The Hall–Kier alpha value is -3.41. The molecule has 4 rings (SSSR count). The molecule has 0 aliphatic carbocycles. The minimum atomic E-state index is -0.397. The molecule has 2 heterocycles. The molecule has 2 aromatic carbocycles. The molecule has 4 aromatic rings. The molecular weight excluding hydrogens is 369 g/mol. The second-order valence-electron chi connectivity index (χ2n) is 7.16. The number of fused-ring (bicyclic) bond motifs is 3. The summed E-state index contributed by atoms with van der Waals surface area (Å²) < 4.78 is 17.2. The Balaban J connectivity index is 1.51. The fraction of sp³-hybridized carbons (Fsp3) is 0.217. The van der Waals surface area contributed by atoms with Gasteiger partial charge in [0.15, 0.2) is 0 Å². The Bertz CT molecular complexity index is 1230. The number of hydrogen-bond acceptors (Lipinski definition) is 2. The van der Waals surface area contributed by atoms with Gasteiger partial charge in [-0.2, -0.15) is 0 Å². The van der Waals surface area contributed by atoms with Crippen LogP contribution in [0.5, 0.6) is 0 Å². The van der Waals surface area contributed by atoms with E-state index in [2.05, 4.69) is 5.32 Å². The highest BCUT2D eigenvalue weighted by Gasteiger charge is 2.13. The molecule has 1 N–H and O–H groups in total. The number of aryl methyl sites for hydroxylation is 1. The van der Waals surface area contributed by atoms with E-state index in [1.54, 1.807) is 33.4 Å². The molecule has 0 unspecified atom stereocenters. The van der Waals surface area contributed by atoms with Crippen LogP contribution in [-0.2, 0) is 11.3 Å². The molecule has 6 heteroatoms. The zero-order chi connectivity index (χ0) is 20.4. The average Bonchev–Trinajstić information content (AvgIpc) is 3.21. The van der Waals surface area contributed by atoms with Gasteiger partial charge in [0.2, 0.25) is 5.91 Å². The van der Waals surface area contributed by atoms with Gasteiger partial charge < -0.3 is 14.3 Å². The first-order chi connectivity index (χ1) is 14.0. The van der Waals surface area contributed by atoms with Crippen LogP contribution in [0, 0.1) is 5.82 Å². The minimum Gasteiger partial charge on any atom is -0.350 e. The van der Waals surface area contributed by atoms with Crippen LogP contribution < -0.4 is 10.9 Å². The largest absolute Gasteiger partial charge is 0.350 e. The molecule has 0 spiro atoms. The summed E-state index contributed by atoms with van der Waals surface area (Å²) in [6, 6.07) is 17.6. The Morgan fingerprint density at radius 3 is 2.62 bits per heavy atom. The number of amides is 1. The topological polar surface area (TPSA) is 55.5 Å². The van der Waals surface area contributed by atoms with Crippen molar-refractivity contribution in [3.05, 3.63) is 88.6 Å². The first kappa shape index (κ1) is 18.9. The molecule has 29 heavy (non-hydrogen) atoms. The maximum atomic E-state index is 13.8. The number of benzene rings is 2. The summed E-state index contributed by atoms with van der Waals surface area (Å²) in [6.07, 6.45) is 2.56. The third kappa shape index (κ3) is 3.78. The standard InChI is InChI=1S/C23H22FN3O2/c1-16(17-7-3-2-4-8-17)25-22(28)10-6-14-27-21-15-18(24)11-12-19(21)26-13-5-9-20(26)23(27)29/h2-5,7-9,11-13,15-16H,6,10,14H2,1H3,(H,25,28)/t16-/m1/s1. The summed E-state index contributed by atoms with van der Waals surface area (Å²) in [7, 11) is 0. The third-order valence-electron chi connectivity index (χ3n) is 5.16. The van der Waals surface area contributed by atoms with Crippen LogP contribution in [-0.4, -0.2) is 14.9 Å². The smallest absolute Gasteiger partial charge is 0.275 e. The maximum absolute atomic E-state index is 13.8. The van der Waals surface area contributed by atoms with Gasteiger partial charge in [0, 0.05) is 19.2 Å². The van der Waals surface area contributed by atoms with Crippen LogP contribution >= 0.6 is 0 Å². The highest BCUT2D eigenvalue weighted by Crippen LogP contribution is 2.17. The van der Waals surface area contributed by atoms with E-state index in [4.69, 9.17) is 0 Å². The van der Waals surface area contributed by atoms with E-state index >= 15 is 0 Å². The highest BCUT2D eigenvalue weighted by molar-refractivity contribution is 5.79. The molecular formula is C23H22FN3O2. The number of nitrogens with zero attached hydrogens (tertiary/aromatic N) is 2. The first-order valence-electron chi connectivity index (χ1n) is 9.68. The van der Waals surface area contributed by atoms with Gasteiger partial charge in [0.05, 0.1) is 17.1 Å². The van der Waals surface area contributed by atoms with Gasteiger partial charge in [-0.25, -0.2) is 4.39 Å². The number of hydrogen-bond donors (Lipinski definition) is 1. The molecule has 148 valence electrons. The lowest BCUT2D eigenvalue weighted by molar-refractivity contribution is -0.121. The summed E-state index contributed by atoms with van der Waals surface area (Å²) in [5, 5.41) is 2.98. The van der Waals surface area contributed by atoms with Gasteiger partial charge in [-0.3, -0.25) is 9.59 Å². The van der Waals surface area contributed by atoms with Crippen LogP contribution in [0.15, 0.2) is 71.7 Å². The Morgan fingerprint density at radius 1 is 1.03 bits per heavy atom. The van der Waals surface area contributed by atoms with Crippen molar-refractivity contribution in [2.24, 2.45) is 0 Å². The van der Waals surface area contributed by atoms with E-state index in [1.165, 1.54) is 12.1 Å². The lowest BCUT2D eigenvalue weighted by atomic mass is 10.1. The van der Waals surface area contributed by atoms with Crippen molar-refractivity contribution >= 4 is 22.5 Å². The van der Waals surface area contributed by atoms with Gasteiger partial charge in [0.25, 0.3) is 5.56 Å². The van der Waals surface area contributed by atoms with Crippen molar-refractivity contribution in [1.82, 2.24) is 14.3 Å². The molecule has 1 atom stereocenters. The number of aromatic nitrogens is 2. The van der Waals surface area contributed by atoms with Crippen LogP contribution in [0.25, 0.3) is 16.6 Å². The Kier molecular flexibility index (Phi) is 5.16. The molecule has 0 aliphatic rings. The van der Waals surface area contributed by atoms with Crippen molar-refractivity contribution < 1.29 is 9.18 Å². The maximum Gasteiger partial charge on any atom is 0.275 e. The summed E-state index contributed by atoms with van der Waals surface area (Å²) >= 11 is 0. The summed E-state index contributed by atoms with van der Waals surface area (Å²) in [5.74, 6) is -0.472. The summed E-state index contributed by atoms with van der Waals surface area (Å²) in [5.41, 5.74) is 2.67. The molecule has 2 aromatic heterocycles. The van der Waals surface area contributed by atoms with Crippen LogP contribution in [0.4, 0.5) is 4.39 Å². The molecule has 0 saturated carbocycles. The fourth-order valence-electron chi connectivity index (χ4n) is 3.69. The zero-order valence-electron chi connectivity index (χ0n) is 16.1. The first-order valence-corrected chi connectivity index (χ1v) is 9.68. The van der Waals surface area contributed by atoms with Crippen molar-refractivity contribution in [2.75, 3.05) is 0 Å². The number of carbonyl (C=O) groups is 1. The number of carbonyl (C=O) groups excluding carboxylic acids is 1. The number of nitrogens with one attached hydrogen (secondary N) is 1. The average molecular weight is 391 g/mol. The van der Waals surface area contributed by atoms with Crippen molar-refractivity contribution in [3.63, 3.8) is 0 Å². The quantitative estimate of drug-likeness (QED) is 0.539. The van der Waals surface area contributed by atoms with E-state index in [0.717, 1.165) is 11.1 Å². The minimum absolute atomic E-state index is 0.0753. The number of halogens is 1. The molecule has 0 bridgehead atoms. The Morgan fingerprint density at radius 2 is 1.83 bits per heavy atom. The Labute approximate surface area is 167 Å². The lowest BCUT2D eigenvalue weighted by Gasteiger charge is -2.15. The molecule has 0 fully saturated rings. The van der Waals surface area contributed by atoms with E-state index in [0.29, 0.717) is 24.0 Å². The second kappa shape index (κ2) is 7.91. The van der Waals surface area contributed by atoms with E-state index in [9.17, 15) is 14.0 Å². The molecule has 1 amide bonds. The van der Waals surface area contributed by atoms with E-state index in [-0.39, 0.29) is 23.9 Å². The van der Waals surface area contributed by atoms with Crippen LogP contribution in [0.3, 0.4) is 0 Å².